The van der Waals surface area contributed by atoms with Gasteiger partial charge in [0.1, 0.15) is 17.6 Å². The first-order chi connectivity index (χ1) is 11.7. The summed E-state index contributed by atoms with van der Waals surface area (Å²) in [5.74, 6) is 1.05. The SMILES string of the molecule is COc1ccccc1[C@@H](NC(=O)c1ccoc1C)c1ccccn1. The molecule has 0 spiro atoms. The van der Waals surface area contributed by atoms with Gasteiger partial charge in [0.25, 0.3) is 5.91 Å². The van der Waals surface area contributed by atoms with Crippen LogP contribution in [0.15, 0.2) is 65.4 Å². The second-order valence-corrected chi connectivity index (χ2v) is 5.29. The highest BCUT2D eigenvalue weighted by molar-refractivity contribution is 5.95. The standard InChI is InChI=1S/C19H18N2O3/c1-13-14(10-12-24-13)19(22)21-18(16-8-5-6-11-20-16)15-7-3-4-9-17(15)23-2/h3-12,18H,1-2H3,(H,21,22)/t18-/m1/s1. The van der Waals surface area contributed by atoms with Gasteiger partial charge in [-0.25, -0.2) is 0 Å². The number of benzene rings is 1. The lowest BCUT2D eigenvalue weighted by Gasteiger charge is -2.21. The quantitative estimate of drug-likeness (QED) is 0.781. The molecule has 2 heterocycles. The van der Waals surface area contributed by atoms with Gasteiger partial charge in [0.2, 0.25) is 0 Å². The molecule has 24 heavy (non-hydrogen) atoms. The molecule has 0 bridgehead atoms. The van der Waals surface area contributed by atoms with Gasteiger partial charge in [-0.05, 0) is 31.2 Å². The number of nitrogens with one attached hydrogen (secondary N) is 1. The number of aryl methyl sites for hydroxylation is 1. The number of pyridine rings is 1. The first kappa shape index (κ1) is 15.8. The molecule has 1 amide bonds. The number of nitrogens with zero attached hydrogens (tertiary/aromatic N) is 1. The van der Waals surface area contributed by atoms with Gasteiger partial charge >= 0.3 is 0 Å². The van der Waals surface area contributed by atoms with Crippen molar-refractivity contribution in [2.24, 2.45) is 0 Å². The molecular formula is C19H18N2O3. The maximum atomic E-state index is 12.6. The van der Waals surface area contributed by atoms with Crippen molar-refractivity contribution in [2.75, 3.05) is 7.11 Å². The first-order valence-electron chi connectivity index (χ1n) is 7.59. The molecule has 0 aliphatic heterocycles. The number of aromatic nitrogens is 1. The Balaban J connectivity index is 2.00. The van der Waals surface area contributed by atoms with Crippen LogP contribution in [0.5, 0.6) is 5.75 Å². The van der Waals surface area contributed by atoms with Crippen LogP contribution in [0, 0.1) is 6.92 Å². The summed E-state index contributed by atoms with van der Waals surface area (Å²) in [4.78, 5) is 17.0. The van der Waals surface area contributed by atoms with Crippen molar-refractivity contribution >= 4 is 5.91 Å². The number of ether oxygens (including phenoxy) is 1. The molecule has 0 unspecified atom stereocenters. The molecule has 1 atom stereocenters. The molecule has 0 saturated carbocycles. The molecule has 122 valence electrons. The molecule has 1 aromatic carbocycles. The van der Waals surface area contributed by atoms with Crippen LogP contribution in [0.3, 0.4) is 0 Å². The number of rotatable bonds is 5. The van der Waals surface area contributed by atoms with Gasteiger partial charge in [-0.3, -0.25) is 9.78 Å². The molecule has 3 aromatic rings. The van der Waals surface area contributed by atoms with Crippen LogP contribution in [0.1, 0.15) is 33.4 Å². The number of methoxy groups -OCH3 is 1. The fraction of sp³-hybridized carbons (Fsp3) is 0.158. The second-order valence-electron chi connectivity index (χ2n) is 5.29. The van der Waals surface area contributed by atoms with E-state index in [1.807, 2.05) is 42.5 Å². The van der Waals surface area contributed by atoms with E-state index >= 15 is 0 Å². The van der Waals surface area contributed by atoms with E-state index in [4.69, 9.17) is 9.15 Å². The predicted molar refractivity (Wildman–Crippen MR) is 90.0 cm³/mol. The summed E-state index contributed by atoms with van der Waals surface area (Å²) in [6.45, 7) is 1.76. The van der Waals surface area contributed by atoms with Crippen molar-refractivity contribution in [2.45, 2.75) is 13.0 Å². The van der Waals surface area contributed by atoms with Crippen molar-refractivity contribution in [3.8, 4) is 5.75 Å². The third kappa shape index (κ3) is 3.15. The van der Waals surface area contributed by atoms with Crippen LogP contribution in [0.25, 0.3) is 0 Å². The highest BCUT2D eigenvalue weighted by Crippen LogP contribution is 2.29. The van der Waals surface area contributed by atoms with Crippen LogP contribution in [-0.2, 0) is 0 Å². The number of amides is 1. The molecule has 0 fully saturated rings. The van der Waals surface area contributed by atoms with E-state index in [2.05, 4.69) is 10.3 Å². The van der Waals surface area contributed by atoms with Gasteiger partial charge in [-0.1, -0.05) is 24.3 Å². The molecule has 0 aliphatic rings. The van der Waals surface area contributed by atoms with E-state index < -0.39 is 6.04 Å². The van der Waals surface area contributed by atoms with Gasteiger partial charge in [0.05, 0.1) is 24.6 Å². The molecule has 5 nitrogen and oxygen atoms in total. The maximum absolute atomic E-state index is 12.6. The second kappa shape index (κ2) is 7.00. The lowest BCUT2D eigenvalue weighted by molar-refractivity contribution is 0.0940. The van der Waals surface area contributed by atoms with Crippen molar-refractivity contribution in [3.05, 3.63) is 83.6 Å². The zero-order chi connectivity index (χ0) is 16.9. The lowest BCUT2D eigenvalue weighted by atomic mass is 10.0. The Kier molecular flexibility index (Phi) is 4.61. The van der Waals surface area contributed by atoms with Gasteiger partial charge in [0.15, 0.2) is 0 Å². The van der Waals surface area contributed by atoms with Crippen LogP contribution in [0.4, 0.5) is 0 Å². The van der Waals surface area contributed by atoms with Gasteiger partial charge in [0, 0.05) is 11.8 Å². The Bertz CT molecular complexity index is 827. The molecule has 0 radical (unpaired) electrons. The van der Waals surface area contributed by atoms with Crippen molar-refractivity contribution in [1.29, 1.82) is 0 Å². The summed E-state index contributed by atoms with van der Waals surface area (Å²) < 4.78 is 10.7. The third-order valence-electron chi connectivity index (χ3n) is 3.81. The fourth-order valence-corrected chi connectivity index (χ4v) is 2.59. The molecule has 3 rings (SSSR count). The monoisotopic (exact) mass is 322 g/mol. The minimum absolute atomic E-state index is 0.220. The molecule has 2 aromatic heterocycles. The molecule has 1 N–H and O–H groups in total. The zero-order valence-electron chi connectivity index (χ0n) is 13.5. The minimum atomic E-state index is -0.427. The maximum Gasteiger partial charge on any atom is 0.255 e. The summed E-state index contributed by atoms with van der Waals surface area (Å²) in [7, 11) is 1.61. The van der Waals surface area contributed by atoms with Crippen molar-refractivity contribution in [3.63, 3.8) is 0 Å². The van der Waals surface area contributed by atoms with Crippen LogP contribution < -0.4 is 10.1 Å². The van der Waals surface area contributed by atoms with Crippen molar-refractivity contribution < 1.29 is 13.9 Å². The van der Waals surface area contributed by atoms with Gasteiger partial charge in [-0.2, -0.15) is 0 Å². The predicted octanol–water partition coefficient (Wildman–Crippen LogP) is 3.51. The minimum Gasteiger partial charge on any atom is -0.496 e. The van der Waals surface area contributed by atoms with E-state index in [0.717, 1.165) is 11.3 Å². The topological polar surface area (TPSA) is 64.4 Å². The molecule has 0 saturated heterocycles. The van der Waals surface area contributed by atoms with Crippen LogP contribution >= 0.6 is 0 Å². The summed E-state index contributed by atoms with van der Waals surface area (Å²) in [5, 5.41) is 3.03. The average molecular weight is 322 g/mol. The number of furan rings is 1. The van der Waals surface area contributed by atoms with E-state index in [-0.39, 0.29) is 5.91 Å². The number of para-hydroxylation sites is 1. The summed E-state index contributed by atoms with van der Waals surface area (Å²) in [5.41, 5.74) is 2.08. The lowest BCUT2D eigenvalue weighted by Crippen LogP contribution is -2.30. The smallest absolute Gasteiger partial charge is 0.255 e. The Morgan fingerprint density at radius 1 is 1.17 bits per heavy atom. The fourth-order valence-electron chi connectivity index (χ4n) is 2.59. The largest absolute Gasteiger partial charge is 0.496 e. The Hall–Kier alpha value is -3.08. The Morgan fingerprint density at radius 3 is 2.62 bits per heavy atom. The van der Waals surface area contributed by atoms with E-state index in [0.29, 0.717) is 17.1 Å². The van der Waals surface area contributed by atoms with Crippen LogP contribution in [-0.4, -0.2) is 18.0 Å². The molecule has 5 heteroatoms. The van der Waals surface area contributed by atoms with Gasteiger partial charge < -0.3 is 14.5 Å². The highest BCUT2D eigenvalue weighted by Gasteiger charge is 2.23. The summed E-state index contributed by atoms with van der Waals surface area (Å²) in [6.07, 6.45) is 3.20. The van der Waals surface area contributed by atoms with E-state index in [1.165, 1.54) is 6.26 Å². The average Bonchev–Trinajstić information content (AvgIpc) is 3.06. The number of carbonyl (C=O) groups is 1. The Morgan fingerprint density at radius 2 is 1.96 bits per heavy atom. The number of carbonyl (C=O) groups excluding carboxylic acids is 1. The number of hydrogen-bond acceptors (Lipinski definition) is 4. The van der Waals surface area contributed by atoms with E-state index in [9.17, 15) is 4.79 Å². The highest BCUT2D eigenvalue weighted by atomic mass is 16.5. The molecule has 0 aliphatic carbocycles. The summed E-state index contributed by atoms with van der Waals surface area (Å²) >= 11 is 0. The summed E-state index contributed by atoms with van der Waals surface area (Å²) in [6, 6.07) is 14.4. The van der Waals surface area contributed by atoms with Crippen molar-refractivity contribution in [1.82, 2.24) is 10.3 Å². The van der Waals surface area contributed by atoms with E-state index in [1.54, 1.807) is 26.3 Å². The molecular weight excluding hydrogens is 304 g/mol. The third-order valence-corrected chi connectivity index (χ3v) is 3.81. The first-order valence-corrected chi connectivity index (χ1v) is 7.59. The normalized spacial score (nSPS) is 11.8. The van der Waals surface area contributed by atoms with Gasteiger partial charge in [-0.15, -0.1) is 0 Å². The number of hydrogen-bond donors (Lipinski definition) is 1. The Labute approximate surface area is 140 Å². The zero-order valence-corrected chi connectivity index (χ0v) is 13.5. The van der Waals surface area contributed by atoms with Crippen LogP contribution in [0.2, 0.25) is 0 Å².